The number of halogens is 1. The molecule has 1 rings (SSSR count). The molecule has 1 nitrogen and oxygen atoms in total. The van der Waals surface area contributed by atoms with Gasteiger partial charge in [0.25, 0.3) is 0 Å². The van der Waals surface area contributed by atoms with Crippen LogP contribution in [-0.2, 0) is 0 Å². The average Bonchev–Trinajstić information content (AvgIpc) is 2.31. The molecule has 0 bridgehead atoms. The van der Waals surface area contributed by atoms with Gasteiger partial charge in [-0.3, -0.25) is 0 Å². The Hall–Kier alpha value is -0.500. The number of ether oxygens (including phenoxy) is 1. The first-order chi connectivity index (χ1) is 8.45. The SMILES string of the molecule is Cc1ccc(C(C)C)cc1OCC(CBr)C(C)C. The molecule has 0 heterocycles. The molecule has 0 N–H and O–H groups in total. The third-order valence-electron chi connectivity index (χ3n) is 3.47. The predicted molar refractivity (Wildman–Crippen MR) is 82.9 cm³/mol. The van der Waals surface area contributed by atoms with E-state index in [0.29, 0.717) is 17.8 Å². The fourth-order valence-electron chi connectivity index (χ4n) is 1.74. The maximum Gasteiger partial charge on any atom is 0.122 e. The third-order valence-corrected chi connectivity index (χ3v) is 4.30. The molecule has 18 heavy (non-hydrogen) atoms. The van der Waals surface area contributed by atoms with Crippen LogP contribution < -0.4 is 4.74 Å². The summed E-state index contributed by atoms with van der Waals surface area (Å²) >= 11 is 3.57. The molecule has 0 radical (unpaired) electrons. The summed E-state index contributed by atoms with van der Waals surface area (Å²) in [7, 11) is 0. The average molecular weight is 313 g/mol. The normalized spacial score (nSPS) is 13.1. The summed E-state index contributed by atoms with van der Waals surface area (Å²) in [5.74, 6) is 2.78. The standard InChI is InChI=1S/C16H25BrO/c1-11(2)14-7-6-13(5)16(8-14)18-10-15(9-17)12(3)4/h6-8,11-12,15H,9-10H2,1-5H3. The van der Waals surface area contributed by atoms with E-state index in [2.05, 4.69) is 68.7 Å². The second-order valence-electron chi connectivity index (χ2n) is 5.65. The van der Waals surface area contributed by atoms with Gasteiger partial charge in [-0.15, -0.1) is 0 Å². The smallest absolute Gasteiger partial charge is 0.122 e. The van der Waals surface area contributed by atoms with Crippen LogP contribution in [0.4, 0.5) is 0 Å². The highest BCUT2D eigenvalue weighted by Crippen LogP contribution is 2.25. The second kappa shape index (κ2) is 7.18. The highest BCUT2D eigenvalue weighted by molar-refractivity contribution is 9.09. The van der Waals surface area contributed by atoms with E-state index >= 15 is 0 Å². The Kier molecular flexibility index (Phi) is 6.20. The molecular formula is C16H25BrO. The van der Waals surface area contributed by atoms with Gasteiger partial charge >= 0.3 is 0 Å². The lowest BCUT2D eigenvalue weighted by molar-refractivity contribution is 0.226. The monoisotopic (exact) mass is 312 g/mol. The first kappa shape index (κ1) is 15.6. The number of rotatable bonds is 6. The Morgan fingerprint density at radius 3 is 2.33 bits per heavy atom. The van der Waals surface area contributed by atoms with E-state index in [-0.39, 0.29) is 0 Å². The van der Waals surface area contributed by atoms with E-state index in [1.54, 1.807) is 0 Å². The van der Waals surface area contributed by atoms with Crippen LogP contribution in [0.15, 0.2) is 18.2 Å². The quantitative estimate of drug-likeness (QED) is 0.659. The van der Waals surface area contributed by atoms with Gasteiger partial charge in [0.2, 0.25) is 0 Å². The van der Waals surface area contributed by atoms with Gasteiger partial charge < -0.3 is 4.74 Å². The fraction of sp³-hybridized carbons (Fsp3) is 0.625. The molecule has 0 fully saturated rings. The van der Waals surface area contributed by atoms with Crippen LogP contribution >= 0.6 is 15.9 Å². The number of alkyl halides is 1. The molecular weight excluding hydrogens is 288 g/mol. The molecule has 102 valence electrons. The Morgan fingerprint density at radius 2 is 1.83 bits per heavy atom. The summed E-state index contributed by atoms with van der Waals surface area (Å²) in [5, 5.41) is 0.994. The van der Waals surface area contributed by atoms with E-state index in [4.69, 9.17) is 4.74 Å². The highest BCUT2D eigenvalue weighted by atomic mass is 79.9. The Bertz CT molecular complexity index is 371. The number of aryl methyl sites for hydroxylation is 1. The van der Waals surface area contributed by atoms with Crippen molar-refractivity contribution < 1.29 is 4.74 Å². The summed E-state index contributed by atoms with van der Waals surface area (Å²) in [4.78, 5) is 0. The van der Waals surface area contributed by atoms with Gasteiger partial charge in [0, 0.05) is 11.2 Å². The van der Waals surface area contributed by atoms with Gasteiger partial charge in [0.1, 0.15) is 5.75 Å². The number of benzene rings is 1. The van der Waals surface area contributed by atoms with Gasteiger partial charge in [0.05, 0.1) is 6.61 Å². The van der Waals surface area contributed by atoms with Crippen molar-refractivity contribution in [3.63, 3.8) is 0 Å². The van der Waals surface area contributed by atoms with Gasteiger partial charge in [-0.25, -0.2) is 0 Å². The third kappa shape index (κ3) is 4.31. The van der Waals surface area contributed by atoms with Gasteiger partial charge in [0.15, 0.2) is 0 Å². The molecule has 1 unspecified atom stereocenters. The molecule has 0 saturated carbocycles. The molecule has 0 aromatic heterocycles. The topological polar surface area (TPSA) is 9.23 Å². The van der Waals surface area contributed by atoms with Crippen molar-refractivity contribution >= 4 is 15.9 Å². The van der Waals surface area contributed by atoms with Crippen LogP contribution in [0.5, 0.6) is 5.75 Å². The molecule has 0 aliphatic carbocycles. The van der Waals surface area contributed by atoms with Crippen LogP contribution in [0.3, 0.4) is 0 Å². The molecule has 1 aromatic carbocycles. The lowest BCUT2D eigenvalue weighted by atomic mass is 9.99. The second-order valence-corrected chi connectivity index (χ2v) is 6.30. The summed E-state index contributed by atoms with van der Waals surface area (Å²) in [6.07, 6.45) is 0. The minimum absolute atomic E-state index is 0.546. The highest BCUT2D eigenvalue weighted by Gasteiger charge is 2.13. The fourth-order valence-corrected chi connectivity index (χ4v) is 2.68. The molecule has 0 saturated heterocycles. The molecule has 0 aliphatic heterocycles. The van der Waals surface area contributed by atoms with E-state index < -0.39 is 0 Å². The van der Waals surface area contributed by atoms with Crippen molar-refractivity contribution in [1.82, 2.24) is 0 Å². The Balaban J connectivity index is 2.74. The lowest BCUT2D eigenvalue weighted by Crippen LogP contribution is -2.19. The van der Waals surface area contributed by atoms with E-state index in [9.17, 15) is 0 Å². The van der Waals surface area contributed by atoms with Gasteiger partial charge in [-0.1, -0.05) is 55.8 Å². The predicted octanol–water partition coefficient (Wildman–Crippen LogP) is 5.16. The lowest BCUT2D eigenvalue weighted by Gasteiger charge is -2.20. The van der Waals surface area contributed by atoms with Crippen LogP contribution in [0.1, 0.15) is 44.7 Å². The van der Waals surface area contributed by atoms with Crippen LogP contribution in [0, 0.1) is 18.8 Å². The van der Waals surface area contributed by atoms with Crippen LogP contribution in [0.2, 0.25) is 0 Å². The first-order valence-corrected chi connectivity index (χ1v) is 7.87. The summed E-state index contributed by atoms with van der Waals surface area (Å²) in [5.41, 5.74) is 2.56. The molecule has 1 aromatic rings. The summed E-state index contributed by atoms with van der Waals surface area (Å²) in [6.45, 7) is 11.8. The summed E-state index contributed by atoms with van der Waals surface area (Å²) < 4.78 is 6.01. The molecule has 0 spiro atoms. The van der Waals surface area contributed by atoms with Crippen molar-refractivity contribution in [3.05, 3.63) is 29.3 Å². The molecule has 0 amide bonds. The van der Waals surface area contributed by atoms with Crippen molar-refractivity contribution in [1.29, 1.82) is 0 Å². The molecule has 2 heteroatoms. The zero-order valence-electron chi connectivity index (χ0n) is 12.2. The van der Waals surface area contributed by atoms with Crippen molar-refractivity contribution in [3.8, 4) is 5.75 Å². The Morgan fingerprint density at radius 1 is 1.17 bits per heavy atom. The van der Waals surface area contributed by atoms with E-state index in [1.165, 1.54) is 11.1 Å². The molecule has 1 atom stereocenters. The minimum Gasteiger partial charge on any atom is -0.493 e. The maximum absolute atomic E-state index is 6.01. The maximum atomic E-state index is 6.01. The minimum atomic E-state index is 0.546. The van der Waals surface area contributed by atoms with Crippen LogP contribution in [0.25, 0.3) is 0 Å². The van der Waals surface area contributed by atoms with Gasteiger partial charge in [-0.05, 0) is 36.0 Å². The first-order valence-electron chi connectivity index (χ1n) is 6.75. The molecule has 0 aliphatic rings. The van der Waals surface area contributed by atoms with Crippen molar-refractivity contribution in [2.75, 3.05) is 11.9 Å². The van der Waals surface area contributed by atoms with Crippen molar-refractivity contribution in [2.45, 2.75) is 40.5 Å². The zero-order valence-corrected chi connectivity index (χ0v) is 13.8. The summed E-state index contributed by atoms with van der Waals surface area (Å²) in [6, 6.07) is 6.53. The number of hydrogen-bond acceptors (Lipinski definition) is 1. The van der Waals surface area contributed by atoms with E-state index in [0.717, 1.165) is 17.7 Å². The number of hydrogen-bond donors (Lipinski definition) is 0. The van der Waals surface area contributed by atoms with Crippen LogP contribution in [-0.4, -0.2) is 11.9 Å². The van der Waals surface area contributed by atoms with Crippen molar-refractivity contribution in [2.24, 2.45) is 11.8 Å². The largest absolute Gasteiger partial charge is 0.493 e. The van der Waals surface area contributed by atoms with Gasteiger partial charge in [-0.2, -0.15) is 0 Å². The Labute approximate surface area is 120 Å². The zero-order chi connectivity index (χ0) is 13.7. The van der Waals surface area contributed by atoms with E-state index in [1.807, 2.05) is 0 Å².